The quantitative estimate of drug-likeness (QED) is 0.215. The number of hydrogen-bond donors (Lipinski definition) is 2. The smallest absolute Gasteiger partial charge is 0.179 e. The van der Waals surface area contributed by atoms with E-state index in [0.29, 0.717) is 46.4 Å². The molecular weight excluding hydrogens is 487 g/mol. The number of ether oxygens (including phenoxy) is 1. The van der Waals surface area contributed by atoms with Gasteiger partial charge in [-0.3, -0.25) is 9.98 Å². The van der Waals surface area contributed by atoms with Crippen molar-refractivity contribution < 1.29 is 14.2 Å². The number of fused-ring (bicyclic) bond motifs is 1. The molecule has 0 saturated carbocycles. The van der Waals surface area contributed by atoms with Gasteiger partial charge in [-0.25, -0.2) is 8.91 Å². The van der Waals surface area contributed by atoms with Crippen LogP contribution in [0.1, 0.15) is 37.9 Å². The van der Waals surface area contributed by atoms with Crippen LogP contribution in [0.2, 0.25) is 5.02 Å². The topological polar surface area (TPSA) is 137 Å². The number of rotatable bonds is 7. The van der Waals surface area contributed by atoms with Gasteiger partial charge in [0.05, 0.1) is 34.9 Å². The third-order valence-corrected chi connectivity index (χ3v) is 6.32. The second kappa shape index (κ2) is 10.5. The Hall–Kier alpha value is -3.75. The maximum absolute atomic E-state index is 13.3. The van der Waals surface area contributed by atoms with Crippen molar-refractivity contribution in [3.63, 3.8) is 0 Å². The number of aliphatic hydroxyl groups is 1. The molecule has 36 heavy (non-hydrogen) atoms. The molecule has 1 fully saturated rings. The third kappa shape index (κ3) is 5.40. The molecule has 1 saturated heterocycles. The SMILES string of the molecule is CC(=NC1CCN(C#N)CC1)/C(=N\N)c1cc(OC[C@@](C)(O)c2ccc(F)cn2)c2c(Cl)cnn2c1. The van der Waals surface area contributed by atoms with Crippen LogP contribution in [0.15, 0.2) is 46.9 Å². The van der Waals surface area contributed by atoms with Gasteiger partial charge in [0, 0.05) is 24.8 Å². The Labute approximate surface area is 212 Å². The standard InChI is InChI=1S/C24H26ClFN8O2/c1-15(31-18-5-7-33(14-27)8-6-18)22(32-28)16-9-20(23-19(25)11-30-34(23)12-16)36-13-24(2,35)21-4-3-17(26)10-29-21/h3-4,9-12,18,35H,5-8,13,28H2,1-2H3/b31-15?,32-22+/t24-/m1/s1. The lowest BCUT2D eigenvalue weighted by atomic mass is 10.0. The van der Waals surface area contributed by atoms with Crippen LogP contribution in [0.25, 0.3) is 5.52 Å². The molecule has 1 aliphatic heterocycles. The first-order chi connectivity index (χ1) is 17.2. The number of hydrogen-bond acceptors (Lipinski definition) is 9. The van der Waals surface area contributed by atoms with Gasteiger partial charge in [-0.1, -0.05) is 11.6 Å². The maximum Gasteiger partial charge on any atom is 0.179 e. The van der Waals surface area contributed by atoms with Crippen molar-refractivity contribution >= 4 is 28.5 Å². The van der Waals surface area contributed by atoms with Crippen LogP contribution < -0.4 is 10.6 Å². The Morgan fingerprint density at radius 1 is 1.39 bits per heavy atom. The van der Waals surface area contributed by atoms with E-state index >= 15 is 0 Å². The lowest BCUT2D eigenvalue weighted by molar-refractivity contribution is 0.00419. The zero-order valence-corrected chi connectivity index (χ0v) is 20.7. The van der Waals surface area contributed by atoms with E-state index in [1.807, 2.05) is 6.92 Å². The van der Waals surface area contributed by atoms with Gasteiger partial charge in [-0.05, 0) is 44.9 Å². The highest BCUT2D eigenvalue weighted by atomic mass is 35.5. The number of nitrogens with zero attached hydrogens (tertiary/aromatic N) is 7. The molecule has 12 heteroatoms. The Bertz CT molecular complexity index is 1340. The van der Waals surface area contributed by atoms with Crippen LogP contribution >= 0.6 is 11.6 Å². The average molecular weight is 513 g/mol. The molecule has 1 aliphatic rings. The first-order valence-electron chi connectivity index (χ1n) is 11.3. The molecule has 3 N–H and O–H groups in total. The molecule has 0 bridgehead atoms. The lowest BCUT2D eigenvalue weighted by Crippen LogP contribution is -2.32. The molecule has 0 aromatic carbocycles. The minimum Gasteiger partial charge on any atom is -0.488 e. The summed E-state index contributed by atoms with van der Waals surface area (Å²) in [5, 5.41) is 28.6. The molecule has 0 radical (unpaired) electrons. The van der Waals surface area contributed by atoms with Crippen LogP contribution in [0.5, 0.6) is 5.75 Å². The van der Waals surface area contributed by atoms with Gasteiger partial charge in [-0.15, -0.1) is 0 Å². The van der Waals surface area contributed by atoms with Crippen molar-refractivity contribution in [3.8, 4) is 11.9 Å². The van der Waals surface area contributed by atoms with Crippen LogP contribution in [0.3, 0.4) is 0 Å². The molecule has 0 aliphatic carbocycles. The molecule has 188 valence electrons. The fourth-order valence-corrected chi connectivity index (χ4v) is 4.30. The summed E-state index contributed by atoms with van der Waals surface area (Å²) in [4.78, 5) is 10.5. The number of likely N-dealkylation sites (tertiary alicyclic amines) is 1. The molecule has 0 spiro atoms. The summed E-state index contributed by atoms with van der Waals surface area (Å²) in [6.07, 6.45) is 7.93. The summed E-state index contributed by atoms with van der Waals surface area (Å²) in [5.41, 5.74) is 0.925. The van der Waals surface area contributed by atoms with E-state index in [-0.39, 0.29) is 18.3 Å². The summed E-state index contributed by atoms with van der Waals surface area (Å²) in [5.74, 6) is 5.60. The van der Waals surface area contributed by atoms with Crippen molar-refractivity contribution in [3.05, 3.63) is 58.9 Å². The number of aromatic nitrogens is 3. The molecule has 3 aromatic heterocycles. The number of halogens is 2. The number of aliphatic imine (C=N–C) groups is 1. The van der Waals surface area contributed by atoms with Gasteiger partial charge in [0.1, 0.15) is 35.0 Å². The lowest BCUT2D eigenvalue weighted by Gasteiger charge is -2.26. The number of pyridine rings is 2. The Morgan fingerprint density at radius 3 is 2.78 bits per heavy atom. The fraction of sp³-hybridized carbons (Fsp3) is 0.375. The number of nitrogens with two attached hydrogens (primary N) is 1. The molecular formula is C24H26ClFN8O2. The molecule has 3 aromatic rings. The van der Waals surface area contributed by atoms with E-state index in [1.54, 1.807) is 21.7 Å². The summed E-state index contributed by atoms with van der Waals surface area (Å²) in [7, 11) is 0. The second-order valence-corrected chi connectivity index (χ2v) is 9.22. The molecule has 0 amide bonds. The van der Waals surface area contributed by atoms with Gasteiger partial charge in [0.2, 0.25) is 0 Å². The molecule has 0 unspecified atom stereocenters. The highest BCUT2D eigenvalue weighted by molar-refractivity contribution is 6.47. The molecule has 4 heterocycles. The van der Waals surface area contributed by atoms with E-state index < -0.39 is 11.4 Å². The fourth-order valence-electron chi connectivity index (χ4n) is 4.08. The van der Waals surface area contributed by atoms with Crippen molar-refractivity contribution in [2.45, 2.75) is 38.3 Å². The van der Waals surface area contributed by atoms with Gasteiger partial charge in [-0.2, -0.15) is 15.5 Å². The van der Waals surface area contributed by atoms with E-state index in [4.69, 9.17) is 32.4 Å². The van der Waals surface area contributed by atoms with Gasteiger partial charge in [0.25, 0.3) is 0 Å². The number of nitriles is 1. The monoisotopic (exact) mass is 512 g/mol. The molecule has 1 atom stereocenters. The van der Waals surface area contributed by atoms with Crippen LogP contribution in [-0.2, 0) is 5.60 Å². The zero-order chi connectivity index (χ0) is 25.9. The zero-order valence-electron chi connectivity index (χ0n) is 19.9. The summed E-state index contributed by atoms with van der Waals surface area (Å²) in [6.45, 7) is 4.48. The highest BCUT2D eigenvalue weighted by Crippen LogP contribution is 2.30. The van der Waals surface area contributed by atoms with E-state index in [9.17, 15) is 9.50 Å². The van der Waals surface area contributed by atoms with Gasteiger partial charge < -0.3 is 20.6 Å². The van der Waals surface area contributed by atoms with Crippen LogP contribution in [-0.4, -0.2) is 61.8 Å². The van der Waals surface area contributed by atoms with Crippen molar-refractivity contribution in [2.75, 3.05) is 19.7 Å². The summed E-state index contributed by atoms with van der Waals surface area (Å²) >= 11 is 6.36. The Kier molecular flexibility index (Phi) is 7.37. The highest BCUT2D eigenvalue weighted by Gasteiger charge is 2.27. The second-order valence-electron chi connectivity index (χ2n) is 8.81. The number of piperidine rings is 1. The van der Waals surface area contributed by atoms with Crippen molar-refractivity contribution in [1.29, 1.82) is 5.26 Å². The predicted molar refractivity (Wildman–Crippen MR) is 134 cm³/mol. The van der Waals surface area contributed by atoms with Crippen molar-refractivity contribution in [1.82, 2.24) is 19.5 Å². The first kappa shape index (κ1) is 25.3. The van der Waals surface area contributed by atoms with E-state index in [2.05, 4.69) is 21.4 Å². The Balaban J connectivity index is 1.62. The normalized spacial score (nSPS) is 17.2. The van der Waals surface area contributed by atoms with Crippen molar-refractivity contribution in [2.24, 2.45) is 15.9 Å². The van der Waals surface area contributed by atoms with E-state index in [1.165, 1.54) is 25.3 Å². The first-order valence-corrected chi connectivity index (χ1v) is 11.7. The third-order valence-electron chi connectivity index (χ3n) is 6.05. The molecule has 4 rings (SSSR count). The largest absolute Gasteiger partial charge is 0.488 e. The van der Waals surface area contributed by atoms with Gasteiger partial charge >= 0.3 is 0 Å². The predicted octanol–water partition coefficient (Wildman–Crippen LogP) is 2.88. The van der Waals surface area contributed by atoms with Crippen LogP contribution in [0, 0.1) is 17.3 Å². The molecule has 10 nitrogen and oxygen atoms in total. The van der Waals surface area contributed by atoms with Gasteiger partial charge in [0.15, 0.2) is 6.19 Å². The summed E-state index contributed by atoms with van der Waals surface area (Å²) in [6, 6.07) is 4.39. The summed E-state index contributed by atoms with van der Waals surface area (Å²) < 4.78 is 20.8. The van der Waals surface area contributed by atoms with Crippen LogP contribution in [0.4, 0.5) is 4.39 Å². The minimum absolute atomic E-state index is 0.0586. The van der Waals surface area contributed by atoms with E-state index in [0.717, 1.165) is 19.0 Å². The Morgan fingerprint density at radius 2 is 2.14 bits per heavy atom. The number of hydrazone groups is 1. The average Bonchev–Trinajstić information content (AvgIpc) is 3.24. The maximum atomic E-state index is 13.3. The minimum atomic E-state index is -1.51.